The zero-order valence-electron chi connectivity index (χ0n) is 18.7. The molecule has 0 unspecified atom stereocenters. The molecule has 35 heavy (non-hydrogen) atoms. The Kier molecular flexibility index (Phi) is 6.38. The van der Waals surface area contributed by atoms with Crippen molar-refractivity contribution < 1.29 is 44.8 Å². The van der Waals surface area contributed by atoms with Crippen LogP contribution in [0.5, 0.6) is 11.5 Å². The molecule has 0 radical (unpaired) electrons. The molecule has 0 saturated carbocycles. The van der Waals surface area contributed by atoms with Crippen LogP contribution in [0.15, 0.2) is 24.4 Å². The fourth-order valence-corrected chi connectivity index (χ4v) is 4.88. The molecule has 2 aliphatic rings. The van der Waals surface area contributed by atoms with Gasteiger partial charge in [0.25, 0.3) is 5.91 Å². The van der Waals surface area contributed by atoms with Crippen molar-refractivity contribution in [3.63, 3.8) is 0 Å². The summed E-state index contributed by atoms with van der Waals surface area (Å²) < 4.78 is 76.5. The van der Waals surface area contributed by atoms with E-state index in [1.807, 2.05) is 0 Å². The third kappa shape index (κ3) is 4.51. The van der Waals surface area contributed by atoms with E-state index < -0.39 is 33.3 Å². The van der Waals surface area contributed by atoms with Crippen LogP contribution in [0.2, 0.25) is 0 Å². The standard InChI is InChI=1S/C22H21F3N2O7S/c1-32-13-10-16-17(26-11-13)4-3-5-18(16)27-7-6-14-15(20(27)28)8-12(21(29)33-2)9-19(14)34-35(30,31)22(23,24)25/h8-11,18H,3-7H2,1-2H3/t18-/m0/s1. The van der Waals surface area contributed by atoms with Crippen molar-refractivity contribution in [2.75, 3.05) is 20.8 Å². The van der Waals surface area contributed by atoms with Gasteiger partial charge in [-0.15, -0.1) is 0 Å². The van der Waals surface area contributed by atoms with Gasteiger partial charge in [-0.2, -0.15) is 21.6 Å². The number of ether oxygens (including phenoxy) is 2. The molecule has 9 nitrogen and oxygen atoms in total. The maximum Gasteiger partial charge on any atom is 0.534 e. The number of hydrogen-bond donors (Lipinski definition) is 0. The lowest BCUT2D eigenvalue weighted by Crippen LogP contribution is -2.42. The number of alkyl halides is 3. The number of amides is 1. The van der Waals surface area contributed by atoms with E-state index in [0.717, 1.165) is 30.9 Å². The largest absolute Gasteiger partial charge is 0.534 e. The van der Waals surface area contributed by atoms with Crippen molar-refractivity contribution in [2.24, 2.45) is 0 Å². The molecule has 4 rings (SSSR count). The summed E-state index contributed by atoms with van der Waals surface area (Å²) in [6, 6.07) is 3.43. The molecule has 1 aromatic heterocycles. The lowest BCUT2D eigenvalue weighted by Gasteiger charge is -2.38. The summed E-state index contributed by atoms with van der Waals surface area (Å²) in [6.45, 7) is 0.0904. The normalized spacial score (nSPS) is 17.9. The van der Waals surface area contributed by atoms with E-state index in [0.29, 0.717) is 18.6 Å². The van der Waals surface area contributed by atoms with Gasteiger partial charge in [-0.25, -0.2) is 4.79 Å². The Morgan fingerprint density at radius 3 is 2.57 bits per heavy atom. The topological polar surface area (TPSA) is 112 Å². The Balaban J connectivity index is 1.78. The van der Waals surface area contributed by atoms with E-state index in [2.05, 4.69) is 13.9 Å². The van der Waals surface area contributed by atoms with Gasteiger partial charge in [-0.1, -0.05) is 0 Å². The predicted octanol–water partition coefficient (Wildman–Crippen LogP) is 3.18. The first-order valence-corrected chi connectivity index (χ1v) is 12.0. The van der Waals surface area contributed by atoms with Gasteiger partial charge in [0, 0.05) is 23.4 Å². The molecule has 1 aliphatic heterocycles. The summed E-state index contributed by atoms with van der Waals surface area (Å²) in [7, 11) is -3.49. The number of halogens is 3. The van der Waals surface area contributed by atoms with Gasteiger partial charge < -0.3 is 18.6 Å². The van der Waals surface area contributed by atoms with E-state index in [-0.39, 0.29) is 35.7 Å². The van der Waals surface area contributed by atoms with E-state index >= 15 is 0 Å². The highest BCUT2D eigenvalue weighted by atomic mass is 32.2. The van der Waals surface area contributed by atoms with Gasteiger partial charge in [0.15, 0.2) is 0 Å². The average Bonchev–Trinajstić information content (AvgIpc) is 2.82. The van der Waals surface area contributed by atoms with Crippen LogP contribution < -0.4 is 8.92 Å². The number of hydrogen-bond acceptors (Lipinski definition) is 8. The van der Waals surface area contributed by atoms with E-state index in [4.69, 9.17) is 4.74 Å². The van der Waals surface area contributed by atoms with E-state index in [1.54, 1.807) is 17.2 Å². The molecule has 1 aromatic carbocycles. The van der Waals surface area contributed by atoms with Crippen molar-refractivity contribution >= 4 is 22.0 Å². The summed E-state index contributed by atoms with van der Waals surface area (Å²) >= 11 is 0. The zero-order chi connectivity index (χ0) is 25.5. The summed E-state index contributed by atoms with van der Waals surface area (Å²) in [6.07, 6.45) is 3.68. The lowest BCUT2D eigenvalue weighted by molar-refractivity contribution is -0.0500. The highest BCUT2D eigenvalue weighted by Crippen LogP contribution is 2.40. The minimum absolute atomic E-state index is 0.00840. The molecule has 1 atom stereocenters. The number of fused-ring (bicyclic) bond motifs is 2. The zero-order valence-corrected chi connectivity index (χ0v) is 19.5. The first-order chi connectivity index (χ1) is 16.5. The monoisotopic (exact) mass is 514 g/mol. The van der Waals surface area contributed by atoms with Crippen LogP contribution in [0, 0.1) is 0 Å². The fourth-order valence-electron chi connectivity index (χ4n) is 4.40. The quantitative estimate of drug-likeness (QED) is 0.340. The number of pyridine rings is 1. The molecular formula is C22H21F3N2O7S. The van der Waals surface area contributed by atoms with Crippen molar-refractivity contribution in [2.45, 2.75) is 37.2 Å². The molecule has 0 fully saturated rings. The third-order valence-electron chi connectivity index (χ3n) is 6.05. The van der Waals surface area contributed by atoms with Gasteiger partial charge in [-0.05, 0) is 49.4 Å². The fraction of sp³-hybridized carbons (Fsp3) is 0.409. The van der Waals surface area contributed by atoms with Crippen molar-refractivity contribution in [1.82, 2.24) is 9.88 Å². The first-order valence-electron chi connectivity index (χ1n) is 10.6. The third-order valence-corrected chi connectivity index (χ3v) is 7.01. The van der Waals surface area contributed by atoms with E-state index in [9.17, 15) is 31.2 Å². The molecule has 1 amide bonds. The first kappa shape index (κ1) is 24.8. The van der Waals surface area contributed by atoms with Crippen LogP contribution in [-0.2, 0) is 27.7 Å². The molecule has 0 saturated heterocycles. The van der Waals surface area contributed by atoms with Gasteiger partial charge in [-0.3, -0.25) is 9.78 Å². The van der Waals surface area contributed by atoms with Crippen LogP contribution in [0.3, 0.4) is 0 Å². The summed E-state index contributed by atoms with van der Waals surface area (Å²) in [5, 5.41) is 0. The highest BCUT2D eigenvalue weighted by Gasteiger charge is 2.49. The Labute approximate surface area is 198 Å². The van der Waals surface area contributed by atoms with Gasteiger partial charge in [0.2, 0.25) is 0 Å². The predicted molar refractivity (Wildman–Crippen MR) is 115 cm³/mol. The Morgan fingerprint density at radius 2 is 1.91 bits per heavy atom. The maximum absolute atomic E-state index is 13.6. The van der Waals surface area contributed by atoms with Crippen LogP contribution >= 0.6 is 0 Å². The summed E-state index contributed by atoms with van der Waals surface area (Å²) in [5.41, 5.74) is -4.57. The SMILES string of the molecule is COC(=O)c1cc(OS(=O)(=O)C(F)(F)F)c2c(c1)C(=O)N([C@H]1CCCc3ncc(OC)cc31)CC2. The highest BCUT2D eigenvalue weighted by molar-refractivity contribution is 7.88. The summed E-state index contributed by atoms with van der Waals surface area (Å²) in [4.78, 5) is 31.7. The Bertz CT molecular complexity index is 1290. The number of carbonyl (C=O) groups excluding carboxylic acids is 2. The van der Waals surface area contributed by atoms with Crippen LogP contribution in [0.1, 0.15) is 56.4 Å². The molecule has 2 aromatic rings. The maximum atomic E-state index is 13.6. The lowest BCUT2D eigenvalue weighted by atomic mass is 9.87. The molecule has 188 valence electrons. The molecule has 0 N–H and O–H groups in total. The van der Waals surface area contributed by atoms with Crippen LogP contribution in [0.25, 0.3) is 0 Å². The molecule has 0 bridgehead atoms. The number of esters is 1. The molecular weight excluding hydrogens is 493 g/mol. The number of aromatic nitrogens is 1. The van der Waals surface area contributed by atoms with E-state index in [1.165, 1.54) is 13.2 Å². The van der Waals surface area contributed by atoms with Crippen LogP contribution in [0.4, 0.5) is 13.2 Å². The number of rotatable bonds is 5. The Morgan fingerprint density at radius 1 is 1.17 bits per heavy atom. The van der Waals surface area contributed by atoms with Gasteiger partial charge >= 0.3 is 21.6 Å². The van der Waals surface area contributed by atoms with Crippen LogP contribution in [-0.4, -0.2) is 56.5 Å². The van der Waals surface area contributed by atoms with Gasteiger partial charge in [0.1, 0.15) is 11.5 Å². The summed E-state index contributed by atoms with van der Waals surface area (Å²) in [5.74, 6) is -1.77. The van der Waals surface area contributed by atoms with Crippen molar-refractivity contribution in [3.8, 4) is 11.5 Å². The van der Waals surface area contributed by atoms with Gasteiger partial charge in [0.05, 0.1) is 32.0 Å². The second-order valence-corrected chi connectivity index (χ2v) is 9.58. The van der Waals surface area contributed by atoms with Crippen molar-refractivity contribution in [3.05, 3.63) is 52.3 Å². The Hall–Kier alpha value is -3.35. The average molecular weight is 514 g/mol. The number of benzene rings is 1. The number of aryl methyl sites for hydroxylation is 1. The molecule has 0 spiro atoms. The second-order valence-electron chi connectivity index (χ2n) is 8.04. The number of carbonyl (C=O) groups is 2. The number of methoxy groups -OCH3 is 2. The minimum atomic E-state index is -6.03. The number of nitrogens with zero attached hydrogens (tertiary/aromatic N) is 2. The smallest absolute Gasteiger partial charge is 0.495 e. The molecule has 2 heterocycles. The minimum Gasteiger partial charge on any atom is -0.495 e. The molecule has 1 aliphatic carbocycles. The van der Waals surface area contributed by atoms with Crippen molar-refractivity contribution in [1.29, 1.82) is 0 Å². The second kappa shape index (κ2) is 9.02. The molecule has 13 heteroatoms.